The van der Waals surface area contributed by atoms with E-state index in [9.17, 15) is 10.1 Å². The van der Waals surface area contributed by atoms with Crippen molar-refractivity contribution >= 4 is 17.1 Å². The molecule has 1 aromatic rings. The Morgan fingerprint density at radius 1 is 1.52 bits per heavy atom. The lowest BCUT2D eigenvalue weighted by molar-refractivity contribution is -0.383. The molecule has 0 aromatic heterocycles. The smallest absolute Gasteiger partial charge is 0.315 e. The van der Waals surface area contributed by atoms with Gasteiger partial charge in [0.25, 0.3) is 0 Å². The third-order valence-corrected chi connectivity index (χ3v) is 3.79. The molecule has 0 radical (unpaired) electrons. The van der Waals surface area contributed by atoms with Crippen LogP contribution >= 0.6 is 0 Å². The number of rotatable bonds is 7. The van der Waals surface area contributed by atoms with Gasteiger partial charge in [-0.1, -0.05) is 13.0 Å². The average Bonchev–Trinajstić information content (AvgIpc) is 2.93. The highest BCUT2D eigenvalue weighted by Gasteiger charge is 2.29. The molecule has 21 heavy (non-hydrogen) atoms. The summed E-state index contributed by atoms with van der Waals surface area (Å²) in [6.07, 6.45) is 1.94. The SMILES string of the molecule is CCCNc1cccc(N2CCC(COC)C2)c1[N+](=O)[O-]. The molecule has 0 saturated carbocycles. The van der Waals surface area contributed by atoms with E-state index in [4.69, 9.17) is 4.74 Å². The van der Waals surface area contributed by atoms with Crippen molar-refractivity contribution in [1.82, 2.24) is 0 Å². The summed E-state index contributed by atoms with van der Waals surface area (Å²) in [6.45, 7) is 5.13. The third-order valence-electron chi connectivity index (χ3n) is 3.79. The van der Waals surface area contributed by atoms with Crippen LogP contribution in [0.4, 0.5) is 17.1 Å². The summed E-state index contributed by atoms with van der Waals surface area (Å²) in [7, 11) is 1.69. The Hall–Kier alpha value is -1.82. The first kappa shape index (κ1) is 15.6. The molecule has 116 valence electrons. The van der Waals surface area contributed by atoms with Gasteiger partial charge in [-0.2, -0.15) is 0 Å². The minimum atomic E-state index is -0.281. The van der Waals surface area contributed by atoms with Gasteiger partial charge in [0.05, 0.1) is 11.5 Å². The standard InChI is InChI=1S/C15H23N3O3/c1-3-8-16-13-5-4-6-14(15(13)18(19)20)17-9-7-12(10-17)11-21-2/h4-6,12,16H,3,7-11H2,1-2H3. The topological polar surface area (TPSA) is 67.6 Å². The van der Waals surface area contributed by atoms with Crippen molar-refractivity contribution in [2.75, 3.05) is 43.6 Å². The molecule has 6 nitrogen and oxygen atoms in total. The van der Waals surface area contributed by atoms with Crippen LogP contribution in [0.3, 0.4) is 0 Å². The van der Waals surface area contributed by atoms with E-state index in [0.717, 1.165) is 32.5 Å². The number of hydrogen-bond donors (Lipinski definition) is 1. The van der Waals surface area contributed by atoms with E-state index in [2.05, 4.69) is 10.2 Å². The Balaban J connectivity index is 2.24. The molecule has 1 saturated heterocycles. The summed E-state index contributed by atoms with van der Waals surface area (Å²) >= 11 is 0. The molecule has 1 unspecified atom stereocenters. The third kappa shape index (κ3) is 3.64. The summed E-state index contributed by atoms with van der Waals surface area (Å²) in [5.41, 5.74) is 1.50. The van der Waals surface area contributed by atoms with Gasteiger partial charge in [0.15, 0.2) is 0 Å². The fourth-order valence-corrected chi connectivity index (χ4v) is 2.80. The van der Waals surface area contributed by atoms with Gasteiger partial charge in [0.1, 0.15) is 11.4 Å². The number of para-hydroxylation sites is 1. The average molecular weight is 293 g/mol. The van der Waals surface area contributed by atoms with Gasteiger partial charge in [-0.05, 0) is 25.0 Å². The zero-order chi connectivity index (χ0) is 15.2. The molecular weight excluding hydrogens is 270 g/mol. The number of nitro groups is 1. The Kier molecular flexibility index (Phi) is 5.38. The molecule has 0 amide bonds. The first-order valence-electron chi connectivity index (χ1n) is 7.42. The van der Waals surface area contributed by atoms with Gasteiger partial charge < -0.3 is 15.0 Å². The lowest BCUT2D eigenvalue weighted by Gasteiger charge is -2.20. The van der Waals surface area contributed by atoms with Gasteiger partial charge in [0, 0.05) is 32.7 Å². The first-order chi connectivity index (χ1) is 10.2. The molecule has 0 bridgehead atoms. The number of hydrogen-bond acceptors (Lipinski definition) is 5. The highest BCUT2D eigenvalue weighted by atomic mass is 16.6. The molecule has 1 fully saturated rings. The van der Waals surface area contributed by atoms with E-state index in [1.165, 1.54) is 0 Å². The van der Waals surface area contributed by atoms with Crippen molar-refractivity contribution < 1.29 is 9.66 Å². The van der Waals surface area contributed by atoms with E-state index >= 15 is 0 Å². The Morgan fingerprint density at radius 2 is 2.33 bits per heavy atom. The van der Waals surface area contributed by atoms with Crippen LogP contribution in [0, 0.1) is 16.0 Å². The van der Waals surface area contributed by atoms with Crippen molar-refractivity contribution in [2.24, 2.45) is 5.92 Å². The van der Waals surface area contributed by atoms with E-state index in [-0.39, 0.29) is 10.6 Å². The summed E-state index contributed by atoms with van der Waals surface area (Å²) in [5.74, 6) is 0.446. The molecule has 0 spiro atoms. The maximum absolute atomic E-state index is 11.5. The molecule has 1 atom stereocenters. The minimum Gasteiger partial charge on any atom is -0.384 e. The van der Waals surface area contributed by atoms with Crippen LogP contribution < -0.4 is 10.2 Å². The normalized spacial score (nSPS) is 18.0. The van der Waals surface area contributed by atoms with Crippen molar-refractivity contribution in [2.45, 2.75) is 19.8 Å². The highest BCUT2D eigenvalue weighted by Crippen LogP contribution is 2.37. The molecule has 1 aliphatic heterocycles. The number of methoxy groups -OCH3 is 1. The Labute approximate surface area is 125 Å². The highest BCUT2D eigenvalue weighted by molar-refractivity contribution is 5.77. The molecule has 1 aromatic carbocycles. The van der Waals surface area contributed by atoms with Crippen LogP contribution in [0.5, 0.6) is 0 Å². The number of benzene rings is 1. The minimum absolute atomic E-state index is 0.184. The molecular formula is C15H23N3O3. The lowest BCUT2D eigenvalue weighted by atomic mass is 10.1. The lowest BCUT2D eigenvalue weighted by Crippen LogP contribution is -2.22. The van der Waals surface area contributed by atoms with Crippen molar-refractivity contribution in [3.8, 4) is 0 Å². The predicted molar refractivity (Wildman–Crippen MR) is 84.1 cm³/mol. The van der Waals surface area contributed by atoms with Crippen LogP contribution in [0.25, 0.3) is 0 Å². The van der Waals surface area contributed by atoms with Crippen molar-refractivity contribution in [3.05, 3.63) is 28.3 Å². The summed E-state index contributed by atoms with van der Waals surface area (Å²) in [5, 5.41) is 14.6. The second kappa shape index (κ2) is 7.26. The number of ether oxygens (including phenoxy) is 1. The van der Waals surface area contributed by atoms with Gasteiger partial charge in [0.2, 0.25) is 0 Å². The van der Waals surface area contributed by atoms with E-state index < -0.39 is 0 Å². The van der Waals surface area contributed by atoms with Crippen LogP contribution in [0.15, 0.2) is 18.2 Å². The quantitative estimate of drug-likeness (QED) is 0.618. The van der Waals surface area contributed by atoms with Crippen LogP contribution in [-0.2, 0) is 4.74 Å². The Morgan fingerprint density at radius 3 is 3.00 bits per heavy atom. The van der Waals surface area contributed by atoms with Crippen LogP contribution in [0.2, 0.25) is 0 Å². The molecule has 2 rings (SSSR count). The van der Waals surface area contributed by atoms with E-state index in [1.54, 1.807) is 13.2 Å². The van der Waals surface area contributed by atoms with Gasteiger partial charge >= 0.3 is 5.69 Å². The van der Waals surface area contributed by atoms with Gasteiger partial charge in [-0.25, -0.2) is 0 Å². The second-order valence-electron chi connectivity index (χ2n) is 5.41. The van der Waals surface area contributed by atoms with E-state index in [0.29, 0.717) is 23.9 Å². The summed E-state index contributed by atoms with van der Waals surface area (Å²) < 4.78 is 5.19. The van der Waals surface area contributed by atoms with Gasteiger partial charge in [-0.15, -0.1) is 0 Å². The fourth-order valence-electron chi connectivity index (χ4n) is 2.80. The summed E-state index contributed by atoms with van der Waals surface area (Å²) in [6, 6.07) is 5.49. The van der Waals surface area contributed by atoms with E-state index in [1.807, 2.05) is 19.1 Å². The number of nitro benzene ring substituents is 1. The number of anilines is 2. The zero-order valence-electron chi connectivity index (χ0n) is 12.7. The molecule has 1 heterocycles. The summed E-state index contributed by atoms with van der Waals surface area (Å²) in [4.78, 5) is 13.3. The maximum Gasteiger partial charge on any atom is 0.315 e. The van der Waals surface area contributed by atoms with Crippen LogP contribution in [0.1, 0.15) is 19.8 Å². The largest absolute Gasteiger partial charge is 0.384 e. The first-order valence-corrected chi connectivity index (χ1v) is 7.42. The second-order valence-corrected chi connectivity index (χ2v) is 5.41. The maximum atomic E-state index is 11.5. The molecule has 1 aliphatic rings. The number of nitrogens with zero attached hydrogens (tertiary/aromatic N) is 2. The molecule has 6 heteroatoms. The molecule has 0 aliphatic carbocycles. The van der Waals surface area contributed by atoms with Crippen LogP contribution in [-0.4, -0.2) is 38.3 Å². The monoisotopic (exact) mass is 293 g/mol. The van der Waals surface area contributed by atoms with Crippen molar-refractivity contribution in [3.63, 3.8) is 0 Å². The van der Waals surface area contributed by atoms with Crippen molar-refractivity contribution in [1.29, 1.82) is 0 Å². The molecule has 1 N–H and O–H groups in total. The van der Waals surface area contributed by atoms with Gasteiger partial charge in [-0.3, -0.25) is 10.1 Å². The fraction of sp³-hybridized carbons (Fsp3) is 0.600. The Bertz CT molecular complexity index is 493. The number of nitrogens with one attached hydrogen (secondary N) is 1. The predicted octanol–water partition coefficient (Wildman–Crippen LogP) is 2.89. The zero-order valence-corrected chi connectivity index (χ0v) is 12.7.